The van der Waals surface area contributed by atoms with Crippen molar-refractivity contribution in [2.75, 3.05) is 20.1 Å². The molecule has 0 fully saturated rings. The summed E-state index contributed by atoms with van der Waals surface area (Å²) in [5.41, 5.74) is 5.57. The molecule has 0 aromatic carbocycles. The van der Waals surface area contributed by atoms with Crippen molar-refractivity contribution in [2.24, 2.45) is 11.1 Å². The second-order valence-electron chi connectivity index (χ2n) is 4.91. The maximum absolute atomic E-state index is 11.8. The topological polar surface area (TPSA) is 59.5 Å². The first-order chi connectivity index (χ1) is 7.94. The van der Waals surface area contributed by atoms with Crippen LogP contribution >= 0.6 is 0 Å². The fourth-order valence-electron chi connectivity index (χ4n) is 1.45. The molecule has 1 aromatic rings. The van der Waals surface area contributed by atoms with Crippen molar-refractivity contribution >= 4 is 12.0 Å². The first-order valence-electron chi connectivity index (χ1n) is 5.61. The molecule has 0 saturated heterocycles. The van der Waals surface area contributed by atoms with Gasteiger partial charge in [-0.15, -0.1) is 0 Å². The summed E-state index contributed by atoms with van der Waals surface area (Å²) in [7, 11) is 1.77. The fourth-order valence-corrected chi connectivity index (χ4v) is 1.45. The summed E-state index contributed by atoms with van der Waals surface area (Å²) in [6.07, 6.45) is 4.74. The maximum atomic E-state index is 11.8. The first kappa shape index (κ1) is 13.5. The lowest BCUT2D eigenvalue weighted by Gasteiger charge is -2.28. The minimum absolute atomic E-state index is 0.0528. The predicted octanol–water partition coefficient (Wildman–Crippen LogP) is 1.74. The lowest BCUT2D eigenvalue weighted by Crippen LogP contribution is -2.39. The molecule has 0 saturated carbocycles. The van der Waals surface area contributed by atoms with E-state index in [1.165, 1.54) is 6.08 Å². The minimum Gasteiger partial charge on any atom is -0.465 e. The van der Waals surface area contributed by atoms with Gasteiger partial charge in [0.05, 0.1) is 6.26 Å². The van der Waals surface area contributed by atoms with Crippen LogP contribution in [0.25, 0.3) is 6.08 Å². The maximum Gasteiger partial charge on any atom is 0.246 e. The zero-order chi connectivity index (χ0) is 12.9. The van der Waals surface area contributed by atoms with Crippen LogP contribution in [0.3, 0.4) is 0 Å². The number of rotatable bonds is 5. The second kappa shape index (κ2) is 5.68. The summed E-state index contributed by atoms with van der Waals surface area (Å²) in [5, 5.41) is 0. The number of furan rings is 1. The minimum atomic E-state index is -0.0665. The summed E-state index contributed by atoms with van der Waals surface area (Å²) in [5.74, 6) is 0.618. The average molecular weight is 236 g/mol. The van der Waals surface area contributed by atoms with Crippen molar-refractivity contribution in [1.82, 2.24) is 4.90 Å². The summed E-state index contributed by atoms with van der Waals surface area (Å²) >= 11 is 0. The van der Waals surface area contributed by atoms with E-state index in [0.29, 0.717) is 18.8 Å². The Hall–Kier alpha value is -1.55. The van der Waals surface area contributed by atoms with Crippen molar-refractivity contribution in [3.63, 3.8) is 0 Å². The number of hydrogen-bond acceptors (Lipinski definition) is 3. The molecule has 0 atom stereocenters. The molecule has 1 amide bonds. The van der Waals surface area contributed by atoms with Gasteiger partial charge in [-0.25, -0.2) is 0 Å². The van der Waals surface area contributed by atoms with Gasteiger partial charge < -0.3 is 15.1 Å². The van der Waals surface area contributed by atoms with Gasteiger partial charge in [0.2, 0.25) is 5.91 Å². The van der Waals surface area contributed by atoms with Crippen molar-refractivity contribution in [1.29, 1.82) is 0 Å². The van der Waals surface area contributed by atoms with Gasteiger partial charge in [0.1, 0.15) is 5.76 Å². The third-order valence-corrected chi connectivity index (χ3v) is 2.53. The number of nitrogens with zero attached hydrogens (tertiary/aromatic N) is 1. The Morgan fingerprint density at radius 2 is 2.29 bits per heavy atom. The number of carbonyl (C=O) groups is 1. The Morgan fingerprint density at radius 3 is 2.82 bits per heavy atom. The van der Waals surface area contributed by atoms with E-state index in [1.807, 2.05) is 13.8 Å². The van der Waals surface area contributed by atoms with Crippen LogP contribution in [0.2, 0.25) is 0 Å². The highest BCUT2D eigenvalue weighted by Crippen LogP contribution is 2.14. The molecule has 17 heavy (non-hydrogen) atoms. The molecule has 0 bridgehead atoms. The van der Waals surface area contributed by atoms with E-state index >= 15 is 0 Å². The van der Waals surface area contributed by atoms with Gasteiger partial charge in [-0.1, -0.05) is 13.8 Å². The van der Waals surface area contributed by atoms with E-state index in [4.69, 9.17) is 10.2 Å². The van der Waals surface area contributed by atoms with Gasteiger partial charge in [-0.05, 0) is 30.2 Å². The highest BCUT2D eigenvalue weighted by Gasteiger charge is 2.19. The van der Waals surface area contributed by atoms with E-state index in [9.17, 15) is 4.79 Å². The molecule has 0 unspecified atom stereocenters. The SMILES string of the molecule is CN(CC(C)(C)CN)C(=O)C=Cc1ccco1. The summed E-state index contributed by atoms with van der Waals surface area (Å²) < 4.78 is 5.11. The van der Waals surface area contributed by atoms with Crippen LogP contribution < -0.4 is 5.73 Å². The van der Waals surface area contributed by atoms with Crippen molar-refractivity contribution in [3.8, 4) is 0 Å². The Kier molecular flexibility index (Phi) is 4.52. The number of amides is 1. The van der Waals surface area contributed by atoms with Crippen LogP contribution in [0.5, 0.6) is 0 Å². The fraction of sp³-hybridized carbons (Fsp3) is 0.462. The van der Waals surface area contributed by atoms with Gasteiger partial charge in [-0.3, -0.25) is 4.79 Å². The van der Waals surface area contributed by atoms with Crippen LogP contribution in [0.1, 0.15) is 19.6 Å². The molecule has 0 spiro atoms. The normalized spacial score (nSPS) is 12.0. The first-order valence-corrected chi connectivity index (χ1v) is 5.61. The molecule has 1 aromatic heterocycles. The zero-order valence-corrected chi connectivity index (χ0v) is 10.6. The van der Waals surface area contributed by atoms with Gasteiger partial charge in [0, 0.05) is 19.7 Å². The quantitative estimate of drug-likeness (QED) is 0.792. The molecule has 4 heteroatoms. The molecule has 0 aliphatic heterocycles. The third kappa shape index (κ3) is 4.44. The van der Waals surface area contributed by atoms with Gasteiger partial charge in [-0.2, -0.15) is 0 Å². The smallest absolute Gasteiger partial charge is 0.246 e. The molecule has 2 N–H and O–H groups in total. The van der Waals surface area contributed by atoms with Crippen LogP contribution in [-0.2, 0) is 4.79 Å². The summed E-state index contributed by atoms with van der Waals surface area (Å²) in [4.78, 5) is 13.4. The van der Waals surface area contributed by atoms with Crippen LogP contribution in [-0.4, -0.2) is 30.9 Å². The Labute approximate surface area is 102 Å². The van der Waals surface area contributed by atoms with Crippen LogP contribution in [0.15, 0.2) is 28.9 Å². The van der Waals surface area contributed by atoms with Crippen LogP contribution in [0, 0.1) is 5.41 Å². The van der Waals surface area contributed by atoms with Gasteiger partial charge >= 0.3 is 0 Å². The van der Waals surface area contributed by atoms with Crippen molar-refractivity contribution in [2.45, 2.75) is 13.8 Å². The monoisotopic (exact) mass is 236 g/mol. The lowest BCUT2D eigenvalue weighted by atomic mass is 9.93. The van der Waals surface area contributed by atoms with Gasteiger partial charge in [0.15, 0.2) is 0 Å². The van der Waals surface area contributed by atoms with E-state index < -0.39 is 0 Å². The highest BCUT2D eigenvalue weighted by molar-refractivity contribution is 5.91. The molecule has 1 rings (SSSR count). The zero-order valence-electron chi connectivity index (χ0n) is 10.6. The highest BCUT2D eigenvalue weighted by atomic mass is 16.3. The lowest BCUT2D eigenvalue weighted by molar-refractivity contribution is -0.125. The molecular formula is C13H20N2O2. The molecule has 0 radical (unpaired) electrons. The molecule has 4 nitrogen and oxygen atoms in total. The molecule has 94 valence electrons. The second-order valence-corrected chi connectivity index (χ2v) is 4.91. The van der Waals surface area contributed by atoms with E-state index in [0.717, 1.165) is 0 Å². The number of hydrogen-bond donors (Lipinski definition) is 1. The summed E-state index contributed by atoms with van der Waals surface area (Å²) in [6, 6.07) is 3.58. The standard InChI is InChI=1S/C13H20N2O2/c1-13(2,9-14)10-15(3)12(16)7-6-11-5-4-8-17-11/h4-8H,9-10,14H2,1-3H3. The number of likely N-dealkylation sites (N-methyl/N-ethyl adjacent to an activating group) is 1. The Bertz CT molecular complexity index is 380. The Morgan fingerprint density at radius 1 is 1.59 bits per heavy atom. The number of carbonyl (C=O) groups excluding carboxylic acids is 1. The molecule has 1 heterocycles. The van der Waals surface area contributed by atoms with Gasteiger partial charge in [0.25, 0.3) is 0 Å². The molecule has 0 aliphatic carbocycles. The molecule has 0 aliphatic rings. The Balaban J connectivity index is 2.53. The molecular weight excluding hydrogens is 216 g/mol. The number of nitrogens with two attached hydrogens (primary N) is 1. The third-order valence-electron chi connectivity index (χ3n) is 2.53. The largest absolute Gasteiger partial charge is 0.465 e. The van der Waals surface area contributed by atoms with E-state index in [1.54, 1.807) is 36.4 Å². The van der Waals surface area contributed by atoms with Crippen molar-refractivity contribution < 1.29 is 9.21 Å². The average Bonchev–Trinajstić information content (AvgIpc) is 2.78. The predicted molar refractivity (Wildman–Crippen MR) is 68.2 cm³/mol. The summed E-state index contributed by atoms with van der Waals surface area (Å²) in [6.45, 7) is 5.25. The van der Waals surface area contributed by atoms with E-state index in [2.05, 4.69) is 0 Å². The van der Waals surface area contributed by atoms with E-state index in [-0.39, 0.29) is 11.3 Å². The van der Waals surface area contributed by atoms with Crippen LogP contribution in [0.4, 0.5) is 0 Å². The van der Waals surface area contributed by atoms with Crippen molar-refractivity contribution in [3.05, 3.63) is 30.2 Å².